The first-order valence-corrected chi connectivity index (χ1v) is 12.6. The van der Waals surface area contributed by atoms with E-state index in [-0.39, 0.29) is 18.5 Å². The van der Waals surface area contributed by atoms with Gasteiger partial charge in [-0.25, -0.2) is 0 Å². The van der Waals surface area contributed by atoms with Gasteiger partial charge in [-0.2, -0.15) is 0 Å². The molecule has 0 radical (unpaired) electrons. The van der Waals surface area contributed by atoms with Crippen LogP contribution >= 0.6 is 0 Å². The molecule has 0 heterocycles. The number of benzene rings is 1. The topological polar surface area (TPSA) is 78.8 Å². The van der Waals surface area contributed by atoms with E-state index in [0.717, 1.165) is 30.6 Å². The summed E-state index contributed by atoms with van der Waals surface area (Å²) in [5, 5.41) is 21.7. The smallest absolute Gasteiger partial charge is 0.313 e. The molecule has 1 aromatic rings. The molecular formula is C27H45NO4. The monoisotopic (exact) mass is 447 g/mol. The van der Waals surface area contributed by atoms with Crippen LogP contribution in [0.3, 0.4) is 0 Å². The van der Waals surface area contributed by atoms with Gasteiger partial charge in [-0.05, 0) is 49.8 Å². The highest BCUT2D eigenvalue weighted by molar-refractivity contribution is 5.78. The van der Waals surface area contributed by atoms with Crippen molar-refractivity contribution in [3.8, 4) is 0 Å². The zero-order valence-corrected chi connectivity index (χ0v) is 20.2. The Morgan fingerprint density at radius 1 is 1.03 bits per heavy atom. The van der Waals surface area contributed by atoms with Crippen LogP contribution in [0.2, 0.25) is 0 Å². The number of hydrogen-bond donors (Lipinski definition) is 3. The Bertz CT molecular complexity index is 632. The minimum atomic E-state index is -1.03. The molecule has 2 atom stereocenters. The summed E-state index contributed by atoms with van der Waals surface area (Å²) in [5.41, 5.74) is 1.90. The van der Waals surface area contributed by atoms with Crippen molar-refractivity contribution in [3.05, 3.63) is 42.0 Å². The molecule has 0 saturated heterocycles. The second-order valence-electron chi connectivity index (χ2n) is 8.50. The summed E-state index contributed by atoms with van der Waals surface area (Å²) in [7, 11) is 0. The average Bonchev–Trinajstić information content (AvgIpc) is 2.81. The molecule has 5 heteroatoms. The van der Waals surface area contributed by atoms with Gasteiger partial charge in [-0.3, -0.25) is 4.79 Å². The summed E-state index contributed by atoms with van der Waals surface area (Å²) in [4.78, 5) is 12.3. The molecule has 5 nitrogen and oxygen atoms in total. The van der Waals surface area contributed by atoms with Crippen molar-refractivity contribution in [1.29, 1.82) is 0 Å². The molecule has 3 N–H and O–H groups in total. The minimum Gasteiger partial charge on any atom is -0.462 e. The lowest BCUT2D eigenvalue weighted by atomic mass is 9.96. The molecule has 182 valence electrons. The quantitative estimate of drug-likeness (QED) is 0.138. The third-order valence-corrected chi connectivity index (χ3v) is 5.63. The summed E-state index contributed by atoms with van der Waals surface area (Å²) in [6, 6.07) is 7.87. The standard InChI is InChI=1S/C27H45NO4/c1-3-5-6-7-8-9-10-11-12-13-14-15-19-28-24-18-16-17-23(20-24)26(4-2)27(31)32-22-25(30)21-29/h12-13,16-18,20,25-26,28-30H,3-11,14-15,19,21-22H2,1-2H3. The van der Waals surface area contributed by atoms with Crippen LogP contribution in [0.15, 0.2) is 36.4 Å². The van der Waals surface area contributed by atoms with E-state index in [1.165, 1.54) is 51.4 Å². The van der Waals surface area contributed by atoms with Gasteiger partial charge < -0.3 is 20.3 Å². The normalized spacial score (nSPS) is 13.2. The van der Waals surface area contributed by atoms with Crippen molar-refractivity contribution < 1.29 is 19.7 Å². The molecule has 32 heavy (non-hydrogen) atoms. The first-order valence-electron chi connectivity index (χ1n) is 12.6. The van der Waals surface area contributed by atoms with Gasteiger partial charge in [0.05, 0.1) is 12.5 Å². The number of nitrogens with one attached hydrogen (secondary N) is 1. The van der Waals surface area contributed by atoms with E-state index in [9.17, 15) is 9.90 Å². The second kappa shape index (κ2) is 18.7. The molecule has 0 saturated carbocycles. The molecule has 1 aromatic carbocycles. The Labute approximate surface area is 195 Å². The molecule has 0 aliphatic heterocycles. The van der Waals surface area contributed by atoms with Gasteiger partial charge in [-0.15, -0.1) is 0 Å². The first kappa shape index (κ1) is 28.2. The molecule has 0 aromatic heterocycles. The number of hydrogen-bond acceptors (Lipinski definition) is 5. The number of anilines is 1. The third-order valence-electron chi connectivity index (χ3n) is 5.63. The van der Waals surface area contributed by atoms with Crippen molar-refractivity contribution in [2.24, 2.45) is 0 Å². The molecule has 0 aliphatic carbocycles. The van der Waals surface area contributed by atoms with Gasteiger partial charge in [-0.1, -0.05) is 76.7 Å². The molecule has 2 unspecified atom stereocenters. The van der Waals surface area contributed by atoms with Gasteiger partial charge in [0, 0.05) is 12.2 Å². The number of allylic oxidation sites excluding steroid dienone is 2. The van der Waals surface area contributed by atoms with E-state index in [2.05, 4.69) is 24.4 Å². The molecule has 0 fully saturated rings. The van der Waals surface area contributed by atoms with Crippen molar-refractivity contribution >= 4 is 11.7 Å². The predicted molar refractivity (Wildman–Crippen MR) is 133 cm³/mol. The van der Waals surface area contributed by atoms with Gasteiger partial charge in [0.15, 0.2) is 0 Å². The number of esters is 1. The van der Waals surface area contributed by atoms with Gasteiger partial charge >= 0.3 is 5.97 Å². The molecule has 0 spiro atoms. The van der Waals surface area contributed by atoms with E-state index in [0.29, 0.717) is 6.42 Å². The summed E-state index contributed by atoms with van der Waals surface area (Å²) in [6.45, 7) is 4.48. The highest BCUT2D eigenvalue weighted by Gasteiger charge is 2.21. The first-order chi connectivity index (χ1) is 15.6. The SMILES string of the molecule is CCCCCCCCCC=CCCCNc1cccc(C(CC)C(=O)OCC(O)CO)c1. The Hall–Kier alpha value is -1.85. The van der Waals surface area contributed by atoms with Gasteiger partial charge in [0.2, 0.25) is 0 Å². The van der Waals surface area contributed by atoms with Crippen LogP contribution in [0, 0.1) is 0 Å². The fourth-order valence-corrected chi connectivity index (χ4v) is 3.64. The summed E-state index contributed by atoms with van der Waals surface area (Å²) in [6.07, 6.45) is 17.0. The summed E-state index contributed by atoms with van der Waals surface area (Å²) < 4.78 is 5.15. The lowest BCUT2D eigenvalue weighted by Crippen LogP contribution is -2.24. The Morgan fingerprint density at radius 2 is 1.72 bits per heavy atom. The zero-order chi connectivity index (χ0) is 23.4. The number of ether oxygens (including phenoxy) is 1. The van der Waals surface area contributed by atoms with Crippen molar-refractivity contribution in [2.75, 3.05) is 25.1 Å². The average molecular weight is 448 g/mol. The van der Waals surface area contributed by atoms with Crippen LogP contribution < -0.4 is 5.32 Å². The van der Waals surface area contributed by atoms with E-state index in [1.807, 2.05) is 31.2 Å². The zero-order valence-electron chi connectivity index (χ0n) is 20.2. The van der Waals surface area contributed by atoms with E-state index >= 15 is 0 Å². The molecule has 0 aliphatic rings. The Balaban J connectivity index is 2.26. The number of carbonyl (C=O) groups is 1. The maximum absolute atomic E-state index is 12.3. The highest BCUT2D eigenvalue weighted by Crippen LogP contribution is 2.24. The third kappa shape index (κ3) is 12.9. The van der Waals surface area contributed by atoms with Crippen LogP contribution in [0.4, 0.5) is 5.69 Å². The summed E-state index contributed by atoms with van der Waals surface area (Å²) in [5.74, 6) is -0.750. The lowest BCUT2D eigenvalue weighted by molar-refractivity contribution is -0.149. The second-order valence-corrected chi connectivity index (χ2v) is 8.50. The Kier molecular flexibility index (Phi) is 16.5. The van der Waals surface area contributed by atoms with Crippen LogP contribution in [0.5, 0.6) is 0 Å². The maximum Gasteiger partial charge on any atom is 0.313 e. The fourth-order valence-electron chi connectivity index (χ4n) is 3.64. The van der Waals surface area contributed by atoms with Crippen LogP contribution in [0.1, 0.15) is 96.0 Å². The van der Waals surface area contributed by atoms with Crippen molar-refractivity contribution in [2.45, 2.75) is 96.5 Å². The molecular weight excluding hydrogens is 402 g/mol. The van der Waals surface area contributed by atoms with Crippen molar-refractivity contribution in [1.82, 2.24) is 0 Å². The highest BCUT2D eigenvalue weighted by atomic mass is 16.5. The van der Waals surface area contributed by atoms with Gasteiger partial charge in [0.25, 0.3) is 0 Å². The number of carbonyl (C=O) groups excluding carboxylic acids is 1. The Morgan fingerprint density at radius 3 is 2.41 bits per heavy atom. The fraction of sp³-hybridized carbons (Fsp3) is 0.667. The number of aliphatic hydroxyl groups is 2. The van der Waals surface area contributed by atoms with E-state index < -0.39 is 12.7 Å². The maximum atomic E-state index is 12.3. The van der Waals surface area contributed by atoms with Crippen LogP contribution in [-0.4, -0.2) is 42.0 Å². The molecule has 1 rings (SSSR count). The lowest BCUT2D eigenvalue weighted by Gasteiger charge is -2.17. The van der Waals surface area contributed by atoms with E-state index in [1.54, 1.807) is 0 Å². The van der Waals surface area contributed by atoms with E-state index in [4.69, 9.17) is 9.84 Å². The largest absolute Gasteiger partial charge is 0.462 e. The molecule has 0 bridgehead atoms. The molecule has 0 amide bonds. The predicted octanol–water partition coefficient (Wildman–Crippen LogP) is 5.97. The van der Waals surface area contributed by atoms with Crippen LogP contribution in [0.25, 0.3) is 0 Å². The van der Waals surface area contributed by atoms with Crippen LogP contribution in [-0.2, 0) is 9.53 Å². The van der Waals surface area contributed by atoms with Gasteiger partial charge in [0.1, 0.15) is 12.7 Å². The number of aliphatic hydroxyl groups excluding tert-OH is 2. The summed E-state index contributed by atoms with van der Waals surface area (Å²) >= 11 is 0. The number of unbranched alkanes of at least 4 members (excludes halogenated alkanes) is 8. The number of rotatable bonds is 19. The minimum absolute atomic E-state index is 0.184. The van der Waals surface area contributed by atoms with Crippen molar-refractivity contribution in [3.63, 3.8) is 0 Å².